The first-order valence-electron chi connectivity index (χ1n) is 7.43. The normalized spacial score (nSPS) is 16.0. The molecular weight excluding hydrogens is 355 g/mol. The number of amides is 1. The van der Waals surface area contributed by atoms with E-state index in [1.165, 1.54) is 12.1 Å². The minimum atomic E-state index is -5.07. The second-order valence-corrected chi connectivity index (χ2v) is 6.37. The average Bonchev–Trinajstić information content (AvgIpc) is 2.52. The highest BCUT2D eigenvalue weighted by molar-refractivity contribution is 7.81. The number of nitrogens with one attached hydrogen (secondary N) is 1. The number of carboxylic acids is 1. The van der Waals surface area contributed by atoms with E-state index in [0.29, 0.717) is 31.6 Å². The summed E-state index contributed by atoms with van der Waals surface area (Å²) in [6.45, 7) is 1.17. The fourth-order valence-electron chi connectivity index (χ4n) is 2.53. The van der Waals surface area contributed by atoms with Crippen molar-refractivity contribution in [2.45, 2.75) is 18.9 Å². The Balaban J connectivity index is 1.91. The molecule has 1 heterocycles. The van der Waals surface area contributed by atoms with Crippen LogP contribution in [0.4, 0.5) is 9.57 Å². The van der Waals surface area contributed by atoms with Crippen LogP contribution in [0.1, 0.15) is 12.8 Å². The molecule has 0 bridgehead atoms. The number of piperidine rings is 1. The van der Waals surface area contributed by atoms with Gasteiger partial charge in [0.2, 0.25) is 5.91 Å². The van der Waals surface area contributed by atoms with Gasteiger partial charge in [-0.15, -0.1) is 0 Å². The molecule has 1 aliphatic rings. The molecule has 25 heavy (non-hydrogen) atoms. The van der Waals surface area contributed by atoms with E-state index >= 15 is 0 Å². The van der Waals surface area contributed by atoms with Crippen LogP contribution in [0.5, 0.6) is 5.75 Å². The van der Waals surface area contributed by atoms with E-state index in [1.807, 2.05) is 4.90 Å². The van der Waals surface area contributed by atoms with Gasteiger partial charge in [-0.05, 0) is 25.0 Å². The third-order valence-electron chi connectivity index (χ3n) is 3.60. The molecule has 1 fully saturated rings. The standard InChI is InChI=1S/C15H17FN2O6S/c16-25(22,23)24-13-3-1-2-12(10-13)18-8-6-11(7-9-18)17-14(19)4-5-15(20)21/h1-5,10-11H,6-9H2,(H,17,19)(H,20,21)/b5-4-. The third-order valence-corrected chi connectivity index (χ3v) is 3.99. The Kier molecular flexibility index (Phi) is 5.97. The summed E-state index contributed by atoms with van der Waals surface area (Å²) in [7, 11) is -5.07. The van der Waals surface area contributed by atoms with E-state index in [0.717, 1.165) is 12.2 Å². The van der Waals surface area contributed by atoms with Crippen LogP contribution in [0.25, 0.3) is 0 Å². The lowest BCUT2D eigenvalue weighted by Gasteiger charge is -2.33. The summed E-state index contributed by atoms with van der Waals surface area (Å²) in [4.78, 5) is 23.9. The highest BCUT2D eigenvalue weighted by atomic mass is 32.3. The van der Waals surface area contributed by atoms with Crippen LogP contribution in [0.2, 0.25) is 0 Å². The number of aliphatic carboxylic acids is 1. The van der Waals surface area contributed by atoms with Crippen molar-refractivity contribution in [2.75, 3.05) is 18.0 Å². The number of carbonyl (C=O) groups is 2. The smallest absolute Gasteiger partial charge is 0.478 e. The topological polar surface area (TPSA) is 113 Å². The largest absolute Gasteiger partial charge is 0.488 e. The van der Waals surface area contributed by atoms with Gasteiger partial charge >= 0.3 is 16.5 Å². The number of hydrogen-bond donors (Lipinski definition) is 2. The van der Waals surface area contributed by atoms with Crippen LogP contribution in [0.15, 0.2) is 36.4 Å². The minimum Gasteiger partial charge on any atom is -0.478 e. The van der Waals surface area contributed by atoms with Gasteiger partial charge in [0.15, 0.2) is 0 Å². The molecule has 0 spiro atoms. The maximum Gasteiger partial charge on any atom is 0.488 e. The molecule has 2 N–H and O–H groups in total. The van der Waals surface area contributed by atoms with Crippen molar-refractivity contribution < 1.29 is 31.2 Å². The molecule has 8 nitrogen and oxygen atoms in total. The number of carboxylic acid groups (broad SMARTS) is 1. The first-order valence-corrected chi connectivity index (χ1v) is 8.74. The molecule has 0 unspecified atom stereocenters. The molecule has 0 radical (unpaired) electrons. The zero-order valence-electron chi connectivity index (χ0n) is 13.1. The molecule has 2 rings (SSSR count). The second-order valence-electron chi connectivity index (χ2n) is 5.42. The molecule has 1 aromatic carbocycles. The van der Waals surface area contributed by atoms with Crippen molar-refractivity contribution in [3.8, 4) is 5.75 Å². The average molecular weight is 372 g/mol. The zero-order chi connectivity index (χ0) is 18.4. The number of benzene rings is 1. The van der Waals surface area contributed by atoms with Gasteiger partial charge in [-0.2, -0.15) is 8.42 Å². The number of carbonyl (C=O) groups excluding carboxylic acids is 1. The Morgan fingerprint density at radius 1 is 1.28 bits per heavy atom. The molecule has 1 aliphatic heterocycles. The Morgan fingerprint density at radius 2 is 1.96 bits per heavy atom. The SMILES string of the molecule is O=C(O)/C=C\C(=O)NC1CCN(c2cccc(OS(=O)(=O)F)c2)CC1. The summed E-state index contributed by atoms with van der Waals surface area (Å²) in [5.41, 5.74) is 0.677. The van der Waals surface area contributed by atoms with Crippen LogP contribution < -0.4 is 14.4 Å². The van der Waals surface area contributed by atoms with E-state index < -0.39 is 22.4 Å². The van der Waals surface area contributed by atoms with E-state index in [2.05, 4.69) is 9.50 Å². The van der Waals surface area contributed by atoms with E-state index in [1.54, 1.807) is 12.1 Å². The van der Waals surface area contributed by atoms with Gasteiger partial charge in [-0.1, -0.05) is 9.95 Å². The molecule has 0 atom stereocenters. The van der Waals surface area contributed by atoms with E-state index in [4.69, 9.17) is 5.11 Å². The van der Waals surface area contributed by atoms with Crippen molar-refractivity contribution in [1.82, 2.24) is 5.32 Å². The van der Waals surface area contributed by atoms with E-state index in [9.17, 15) is 21.9 Å². The lowest BCUT2D eigenvalue weighted by Crippen LogP contribution is -2.44. The van der Waals surface area contributed by atoms with Crippen molar-refractivity contribution in [1.29, 1.82) is 0 Å². The lowest BCUT2D eigenvalue weighted by atomic mass is 10.0. The monoisotopic (exact) mass is 372 g/mol. The van der Waals surface area contributed by atoms with Crippen LogP contribution in [0, 0.1) is 0 Å². The summed E-state index contributed by atoms with van der Waals surface area (Å²) in [6.07, 6.45) is 2.99. The molecule has 1 aromatic rings. The van der Waals surface area contributed by atoms with Gasteiger partial charge < -0.3 is 19.5 Å². The third kappa shape index (κ3) is 6.42. The Labute approximate surface area is 144 Å². The Hall–Kier alpha value is -2.62. The number of rotatable bonds is 6. The molecular formula is C15H17FN2O6S. The van der Waals surface area contributed by atoms with Crippen molar-refractivity contribution in [2.24, 2.45) is 0 Å². The first-order chi connectivity index (χ1) is 11.7. The molecule has 1 amide bonds. The molecule has 10 heteroatoms. The van der Waals surface area contributed by atoms with Crippen LogP contribution in [-0.2, 0) is 20.1 Å². The number of hydrogen-bond acceptors (Lipinski definition) is 6. The van der Waals surface area contributed by atoms with Crippen molar-refractivity contribution in [3.63, 3.8) is 0 Å². The minimum absolute atomic E-state index is 0.0900. The van der Waals surface area contributed by atoms with Gasteiger partial charge in [0.25, 0.3) is 0 Å². The summed E-state index contributed by atoms with van der Waals surface area (Å²) in [5, 5.41) is 11.2. The number of nitrogens with zero attached hydrogens (tertiary/aromatic N) is 1. The summed E-state index contributed by atoms with van der Waals surface area (Å²) in [6, 6.07) is 5.97. The summed E-state index contributed by atoms with van der Waals surface area (Å²) >= 11 is 0. The van der Waals surface area contributed by atoms with Crippen LogP contribution in [-0.4, -0.2) is 44.5 Å². The predicted molar refractivity (Wildman–Crippen MR) is 87.3 cm³/mol. The summed E-state index contributed by atoms with van der Waals surface area (Å²) < 4.78 is 37.9. The fourth-order valence-corrected chi connectivity index (χ4v) is 2.86. The van der Waals surface area contributed by atoms with Gasteiger partial charge in [-0.3, -0.25) is 4.79 Å². The molecule has 136 valence electrons. The van der Waals surface area contributed by atoms with Gasteiger partial charge in [0.05, 0.1) is 0 Å². The predicted octanol–water partition coefficient (Wildman–Crippen LogP) is 1.01. The fraction of sp³-hybridized carbons (Fsp3) is 0.333. The van der Waals surface area contributed by atoms with Crippen LogP contribution in [0.3, 0.4) is 0 Å². The van der Waals surface area contributed by atoms with E-state index in [-0.39, 0.29) is 11.8 Å². The molecule has 0 saturated carbocycles. The second kappa shape index (κ2) is 7.97. The Morgan fingerprint density at radius 3 is 2.56 bits per heavy atom. The maximum atomic E-state index is 12.6. The van der Waals surface area contributed by atoms with Crippen molar-refractivity contribution >= 4 is 28.1 Å². The summed E-state index contributed by atoms with van der Waals surface area (Å²) in [5.74, 6) is -1.78. The van der Waals surface area contributed by atoms with Crippen LogP contribution >= 0.6 is 0 Å². The van der Waals surface area contributed by atoms with Gasteiger partial charge in [-0.25, -0.2) is 4.79 Å². The maximum absolute atomic E-state index is 12.6. The molecule has 0 aromatic heterocycles. The highest BCUT2D eigenvalue weighted by Gasteiger charge is 2.21. The quantitative estimate of drug-likeness (QED) is 0.566. The Bertz CT molecular complexity index is 772. The number of halogens is 1. The van der Waals surface area contributed by atoms with Crippen molar-refractivity contribution in [3.05, 3.63) is 36.4 Å². The van der Waals surface area contributed by atoms with Gasteiger partial charge in [0, 0.05) is 43.0 Å². The molecule has 1 saturated heterocycles. The number of anilines is 1. The lowest BCUT2D eigenvalue weighted by molar-refractivity contribution is -0.131. The molecule has 0 aliphatic carbocycles. The van der Waals surface area contributed by atoms with Gasteiger partial charge in [0.1, 0.15) is 5.75 Å². The zero-order valence-corrected chi connectivity index (χ0v) is 13.9. The highest BCUT2D eigenvalue weighted by Crippen LogP contribution is 2.25. The first kappa shape index (κ1) is 18.7.